The zero-order chi connectivity index (χ0) is 10.2. The van der Waals surface area contributed by atoms with Crippen LogP contribution in [0.25, 0.3) is 0 Å². The van der Waals surface area contributed by atoms with Gasteiger partial charge in [-0.05, 0) is 36.3 Å². The molecule has 1 fully saturated rings. The number of nitrogens with two attached hydrogens (primary N) is 1. The van der Waals surface area contributed by atoms with Gasteiger partial charge >= 0.3 is 0 Å². The highest BCUT2D eigenvalue weighted by Crippen LogP contribution is 2.37. The normalized spacial score (nSPS) is 18.6. The molecule has 76 valence electrons. The maximum atomic E-state index is 6.15. The Morgan fingerprint density at radius 1 is 1.29 bits per heavy atom. The first-order chi connectivity index (χ1) is 6.61. The molecular formula is C13H19N. The van der Waals surface area contributed by atoms with Crippen LogP contribution in [0.5, 0.6) is 0 Å². The third-order valence-electron chi connectivity index (χ3n) is 3.11. The third kappa shape index (κ3) is 1.98. The highest BCUT2D eigenvalue weighted by atomic mass is 14.8. The Kier molecular flexibility index (Phi) is 2.36. The molecule has 0 amide bonds. The highest BCUT2D eigenvalue weighted by Gasteiger charge is 2.38. The summed E-state index contributed by atoms with van der Waals surface area (Å²) in [6.45, 7) is 4.49. The van der Waals surface area contributed by atoms with Crippen molar-refractivity contribution in [3.63, 3.8) is 0 Å². The fourth-order valence-corrected chi connectivity index (χ4v) is 1.98. The lowest BCUT2D eigenvalue weighted by atomic mass is 9.93. The van der Waals surface area contributed by atoms with Gasteiger partial charge in [-0.15, -0.1) is 0 Å². The lowest BCUT2D eigenvalue weighted by molar-refractivity contribution is 0.662. The molecule has 0 spiro atoms. The second-order valence-electron chi connectivity index (χ2n) is 4.89. The molecule has 1 aromatic carbocycles. The molecule has 0 unspecified atom stereocenters. The summed E-state index contributed by atoms with van der Waals surface area (Å²) in [5, 5.41) is 0. The number of hydrogen-bond acceptors (Lipinski definition) is 1. The molecule has 2 N–H and O–H groups in total. The summed E-state index contributed by atoms with van der Waals surface area (Å²) in [6.07, 6.45) is 3.44. The van der Waals surface area contributed by atoms with Gasteiger partial charge in [-0.25, -0.2) is 0 Å². The molecular weight excluding hydrogens is 170 g/mol. The van der Waals surface area contributed by atoms with Gasteiger partial charge in [-0.3, -0.25) is 0 Å². The Labute approximate surface area is 86.3 Å². The fourth-order valence-electron chi connectivity index (χ4n) is 1.98. The Balaban J connectivity index is 2.23. The van der Waals surface area contributed by atoms with Crippen molar-refractivity contribution in [3.8, 4) is 0 Å². The Morgan fingerprint density at radius 2 is 1.93 bits per heavy atom. The molecule has 0 aliphatic heterocycles. The molecule has 0 aromatic heterocycles. The number of benzene rings is 1. The van der Waals surface area contributed by atoms with Gasteiger partial charge in [-0.1, -0.05) is 38.1 Å². The van der Waals surface area contributed by atoms with E-state index < -0.39 is 0 Å². The molecule has 0 bridgehead atoms. The maximum absolute atomic E-state index is 6.15. The molecule has 1 heteroatoms. The van der Waals surface area contributed by atoms with Crippen molar-refractivity contribution < 1.29 is 0 Å². The Morgan fingerprint density at radius 3 is 2.50 bits per heavy atom. The van der Waals surface area contributed by atoms with Crippen LogP contribution < -0.4 is 5.73 Å². The monoisotopic (exact) mass is 189 g/mol. The van der Waals surface area contributed by atoms with E-state index in [1.165, 1.54) is 24.0 Å². The second kappa shape index (κ2) is 3.39. The van der Waals surface area contributed by atoms with E-state index in [1.807, 2.05) is 0 Å². The second-order valence-corrected chi connectivity index (χ2v) is 4.89. The Bertz CT molecular complexity index is 324. The Hall–Kier alpha value is -0.820. The smallest absolute Gasteiger partial charge is 0.0196 e. The lowest BCUT2D eigenvalue weighted by Crippen LogP contribution is -2.25. The van der Waals surface area contributed by atoms with Crippen molar-refractivity contribution in [2.45, 2.75) is 44.6 Å². The summed E-state index contributed by atoms with van der Waals surface area (Å²) in [5.41, 5.74) is 9.19. The van der Waals surface area contributed by atoms with E-state index in [0.717, 1.165) is 6.42 Å². The molecule has 2 rings (SSSR count). The molecule has 1 aliphatic carbocycles. The van der Waals surface area contributed by atoms with Crippen molar-refractivity contribution >= 4 is 0 Å². The SMILES string of the molecule is CC(C)c1ccccc1CC1(N)CC1. The van der Waals surface area contributed by atoms with Crippen LogP contribution in [0.15, 0.2) is 24.3 Å². The topological polar surface area (TPSA) is 26.0 Å². The van der Waals surface area contributed by atoms with Crippen molar-refractivity contribution in [2.24, 2.45) is 5.73 Å². The molecule has 0 atom stereocenters. The van der Waals surface area contributed by atoms with E-state index in [2.05, 4.69) is 38.1 Å². The summed E-state index contributed by atoms with van der Waals surface area (Å²) in [6, 6.07) is 8.69. The summed E-state index contributed by atoms with van der Waals surface area (Å²) < 4.78 is 0. The predicted molar refractivity (Wildman–Crippen MR) is 60.4 cm³/mol. The molecule has 0 saturated heterocycles. The number of hydrogen-bond donors (Lipinski definition) is 1. The molecule has 0 heterocycles. The van der Waals surface area contributed by atoms with E-state index in [9.17, 15) is 0 Å². The minimum atomic E-state index is 0.130. The fraction of sp³-hybridized carbons (Fsp3) is 0.538. The summed E-state index contributed by atoms with van der Waals surface area (Å²) in [7, 11) is 0. The van der Waals surface area contributed by atoms with Gasteiger partial charge in [-0.2, -0.15) is 0 Å². The minimum Gasteiger partial charge on any atom is -0.325 e. The van der Waals surface area contributed by atoms with Gasteiger partial charge in [0.05, 0.1) is 0 Å². The van der Waals surface area contributed by atoms with Crippen molar-refractivity contribution in [3.05, 3.63) is 35.4 Å². The van der Waals surface area contributed by atoms with E-state index in [1.54, 1.807) is 0 Å². The van der Waals surface area contributed by atoms with Crippen molar-refractivity contribution in [1.82, 2.24) is 0 Å². The van der Waals surface area contributed by atoms with Gasteiger partial charge in [0.2, 0.25) is 0 Å². The van der Waals surface area contributed by atoms with Crippen LogP contribution in [0, 0.1) is 0 Å². The van der Waals surface area contributed by atoms with Crippen LogP contribution in [-0.4, -0.2) is 5.54 Å². The van der Waals surface area contributed by atoms with Crippen LogP contribution in [0.4, 0.5) is 0 Å². The van der Waals surface area contributed by atoms with Crippen molar-refractivity contribution in [1.29, 1.82) is 0 Å². The van der Waals surface area contributed by atoms with Gasteiger partial charge in [0.15, 0.2) is 0 Å². The van der Waals surface area contributed by atoms with Crippen LogP contribution in [0.1, 0.15) is 43.7 Å². The molecule has 14 heavy (non-hydrogen) atoms. The van der Waals surface area contributed by atoms with Crippen LogP contribution >= 0.6 is 0 Å². The average molecular weight is 189 g/mol. The van der Waals surface area contributed by atoms with Crippen molar-refractivity contribution in [2.75, 3.05) is 0 Å². The molecule has 1 saturated carbocycles. The van der Waals surface area contributed by atoms with Crippen LogP contribution in [0.3, 0.4) is 0 Å². The van der Waals surface area contributed by atoms with E-state index in [-0.39, 0.29) is 5.54 Å². The largest absolute Gasteiger partial charge is 0.325 e. The predicted octanol–water partition coefficient (Wildman–Crippen LogP) is 2.84. The summed E-state index contributed by atoms with van der Waals surface area (Å²) in [4.78, 5) is 0. The minimum absolute atomic E-state index is 0.130. The lowest BCUT2D eigenvalue weighted by Gasteiger charge is -2.15. The first kappa shape index (κ1) is 9.72. The summed E-state index contributed by atoms with van der Waals surface area (Å²) >= 11 is 0. The van der Waals surface area contributed by atoms with Gasteiger partial charge in [0.1, 0.15) is 0 Å². The first-order valence-corrected chi connectivity index (χ1v) is 5.47. The van der Waals surface area contributed by atoms with Crippen LogP contribution in [-0.2, 0) is 6.42 Å². The molecule has 1 aliphatic rings. The first-order valence-electron chi connectivity index (χ1n) is 5.47. The zero-order valence-corrected chi connectivity index (χ0v) is 9.09. The average Bonchev–Trinajstić information content (AvgIpc) is 2.84. The summed E-state index contributed by atoms with van der Waals surface area (Å²) in [5.74, 6) is 0.605. The molecule has 1 aromatic rings. The van der Waals surface area contributed by atoms with Gasteiger partial charge in [0, 0.05) is 5.54 Å². The molecule has 0 radical (unpaired) electrons. The van der Waals surface area contributed by atoms with E-state index in [0.29, 0.717) is 5.92 Å². The highest BCUT2D eigenvalue weighted by molar-refractivity contribution is 5.32. The van der Waals surface area contributed by atoms with E-state index in [4.69, 9.17) is 5.73 Å². The number of rotatable bonds is 3. The van der Waals surface area contributed by atoms with Gasteiger partial charge < -0.3 is 5.73 Å². The van der Waals surface area contributed by atoms with Crippen LogP contribution in [0.2, 0.25) is 0 Å². The van der Waals surface area contributed by atoms with Gasteiger partial charge in [0.25, 0.3) is 0 Å². The quantitative estimate of drug-likeness (QED) is 0.777. The maximum Gasteiger partial charge on any atom is 0.0196 e. The zero-order valence-electron chi connectivity index (χ0n) is 9.09. The standard InChI is InChI=1S/C13H19N/c1-10(2)12-6-4-3-5-11(12)9-13(14)7-8-13/h3-6,10H,7-9,14H2,1-2H3. The third-order valence-corrected chi connectivity index (χ3v) is 3.11. The van der Waals surface area contributed by atoms with E-state index >= 15 is 0 Å². The molecule has 1 nitrogen and oxygen atoms in total.